The molecule has 15 heavy (non-hydrogen) atoms. The second-order valence-corrected chi connectivity index (χ2v) is 3.14. The number of anilines is 1. The largest absolute Gasteiger partial charge is 0.468 e. The second-order valence-electron chi connectivity index (χ2n) is 3.14. The predicted molar refractivity (Wildman–Crippen MR) is 57.1 cm³/mol. The molecule has 0 radical (unpaired) electrons. The first-order valence-electron chi connectivity index (χ1n) is 4.50. The molecule has 0 saturated carbocycles. The monoisotopic (exact) mass is 207 g/mol. The Kier molecular flexibility index (Phi) is 3.85. The summed E-state index contributed by atoms with van der Waals surface area (Å²) in [5, 5.41) is 0. The maximum atomic E-state index is 11.0. The van der Waals surface area contributed by atoms with Gasteiger partial charge in [0.1, 0.15) is 12.8 Å². The third-order valence-corrected chi connectivity index (χ3v) is 2.06. The minimum Gasteiger partial charge on any atom is -0.468 e. The van der Waals surface area contributed by atoms with E-state index in [9.17, 15) is 9.59 Å². The molecule has 1 aromatic carbocycles. The summed E-state index contributed by atoms with van der Waals surface area (Å²) in [7, 11) is 3.14. The molecule has 0 spiro atoms. The second kappa shape index (κ2) is 5.14. The summed E-state index contributed by atoms with van der Waals surface area (Å²) in [5.74, 6) is -0.294. The average molecular weight is 207 g/mol. The summed E-state index contributed by atoms with van der Waals surface area (Å²) in [4.78, 5) is 23.2. The van der Waals surface area contributed by atoms with Crippen LogP contribution in [0.4, 0.5) is 5.69 Å². The summed E-state index contributed by atoms with van der Waals surface area (Å²) < 4.78 is 4.55. The van der Waals surface area contributed by atoms with Gasteiger partial charge in [0.05, 0.1) is 7.11 Å². The molecule has 0 amide bonds. The van der Waals surface area contributed by atoms with E-state index < -0.39 is 0 Å². The maximum absolute atomic E-state index is 11.0. The predicted octanol–water partition coefficient (Wildman–Crippen LogP) is 1.11. The van der Waals surface area contributed by atoms with Crippen molar-refractivity contribution in [3.63, 3.8) is 0 Å². The standard InChI is InChI=1S/C11H13NO3/c1-12(7-11(14)15-2)10-5-3-9(8-13)4-6-10/h3-6,8H,7H2,1-2H3. The van der Waals surface area contributed by atoms with Gasteiger partial charge < -0.3 is 9.64 Å². The maximum Gasteiger partial charge on any atom is 0.325 e. The molecule has 0 aliphatic rings. The molecule has 0 N–H and O–H groups in total. The fourth-order valence-electron chi connectivity index (χ4n) is 1.16. The normalized spacial score (nSPS) is 9.47. The Morgan fingerprint density at radius 3 is 2.47 bits per heavy atom. The van der Waals surface area contributed by atoms with E-state index in [1.165, 1.54) is 7.11 Å². The molecule has 0 heterocycles. The number of hydrogen-bond donors (Lipinski definition) is 0. The van der Waals surface area contributed by atoms with Crippen LogP contribution in [-0.4, -0.2) is 33.0 Å². The minimum atomic E-state index is -0.294. The van der Waals surface area contributed by atoms with Crippen molar-refractivity contribution in [1.82, 2.24) is 0 Å². The number of hydrogen-bond acceptors (Lipinski definition) is 4. The van der Waals surface area contributed by atoms with E-state index in [-0.39, 0.29) is 12.5 Å². The van der Waals surface area contributed by atoms with E-state index in [0.29, 0.717) is 5.56 Å². The SMILES string of the molecule is COC(=O)CN(C)c1ccc(C=O)cc1. The number of ether oxygens (including phenoxy) is 1. The van der Waals surface area contributed by atoms with Gasteiger partial charge in [-0.3, -0.25) is 9.59 Å². The van der Waals surface area contributed by atoms with Gasteiger partial charge in [0.2, 0.25) is 0 Å². The first-order chi connectivity index (χ1) is 7.17. The van der Waals surface area contributed by atoms with Crippen LogP contribution in [0.3, 0.4) is 0 Å². The molecule has 0 atom stereocenters. The van der Waals surface area contributed by atoms with Crippen molar-refractivity contribution in [2.24, 2.45) is 0 Å². The van der Waals surface area contributed by atoms with E-state index in [2.05, 4.69) is 4.74 Å². The fraction of sp³-hybridized carbons (Fsp3) is 0.273. The molecule has 80 valence electrons. The molecule has 0 unspecified atom stereocenters. The molecule has 4 nitrogen and oxygen atoms in total. The van der Waals surface area contributed by atoms with Crippen molar-refractivity contribution in [3.8, 4) is 0 Å². The fourth-order valence-corrected chi connectivity index (χ4v) is 1.16. The molecule has 0 fully saturated rings. The van der Waals surface area contributed by atoms with E-state index >= 15 is 0 Å². The van der Waals surface area contributed by atoms with Crippen LogP contribution in [0.5, 0.6) is 0 Å². The third kappa shape index (κ3) is 3.09. The van der Waals surface area contributed by atoms with E-state index in [0.717, 1.165) is 12.0 Å². The van der Waals surface area contributed by atoms with Crippen LogP contribution in [0.1, 0.15) is 10.4 Å². The van der Waals surface area contributed by atoms with Gasteiger partial charge in [-0.1, -0.05) is 0 Å². The molecule has 0 aromatic heterocycles. The van der Waals surface area contributed by atoms with Gasteiger partial charge in [0.15, 0.2) is 0 Å². The molecule has 0 aliphatic carbocycles. The van der Waals surface area contributed by atoms with Crippen LogP contribution in [0.15, 0.2) is 24.3 Å². The van der Waals surface area contributed by atoms with Gasteiger partial charge in [-0.25, -0.2) is 0 Å². The number of rotatable bonds is 4. The van der Waals surface area contributed by atoms with Crippen LogP contribution in [0.25, 0.3) is 0 Å². The zero-order valence-electron chi connectivity index (χ0n) is 8.77. The Bertz CT molecular complexity index is 345. The van der Waals surface area contributed by atoms with Crippen molar-refractivity contribution in [1.29, 1.82) is 0 Å². The highest BCUT2D eigenvalue weighted by atomic mass is 16.5. The van der Waals surface area contributed by atoms with Crippen molar-refractivity contribution in [2.45, 2.75) is 0 Å². The first-order valence-corrected chi connectivity index (χ1v) is 4.50. The van der Waals surface area contributed by atoms with Gasteiger partial charge in [-0.15, -0.1) is 0 Å². The van der Waals surface area contributed by atoms with Gasteiger partial charge in [-0.05, 0) is 24.3 Å². The lowest BCUT2D eigenvalue weighted by Gasteiger charge is -2.17. The van der Waals surface area contributed by atoms with Crippen LogP contribution in [-0.2, 0) is 9.53 Å². The Balaban J connectivity index is 2.69. The van der Waals surface area contributed by atoms with Gasteiger partial charge >= 0.3 is 5.97 Å². The topological polar surface area (TPSA) is 46.6 Å². The molecule has 1 rings (SSSR count). The summed E-state index contributed by atoms with van der Waals surface area (Å²) in [6.07, 6.45) is 0.782. The van der Waals surface area contributed by atoms with E-state index in [1.54, 1.807) is 36.2 Å². The molecule has 1 aromatic rings. The molecule has 0 bridgehead atoms. The summed E-state index contributed by atoms with van der Waals surface area (Å²) in [6, 6.07) is 6.98. The van der Waals surface area contributed by atoms with E-state index in [1.807, 2.05) is 0 Å². The highest BCUT2D eigenvalue weighted by Gasteiger charge is 2.06. The van der Waals surface area contributed by atoms with Gasteiger partial charge in [0.25, 0.3) is 0 Å². The molecule has 4 heteroatoms. The number of carbonyl (C=O) groups is 2. The first kappa shape index (κ1) is 11.2. The Morgan fingerprint density at radius 1 is 1.40 bits per heavy atom. The lowest BCUT2D eigenvalue weighted by atomic mass is 10.2. The number of methoxy groups -OCH3 is 1. The molecule has 0 saturated heterocycles. The number of carbonyl (C=O) groups excluding carboxylic acids is 2. The van der Waals surface area contributed by atoms with Gasteiger partial charge in [0, 0.05) is 18.3 Å². The summed E-state index contributed by atoms with van der Waals surface area (Å²) >= 11 is 0. The number of benzene rings is 1. The zero-order valence-corrected chi connectivity index (χ0v) is 8.77. The van der Waals surface area contributed by atoms with Crippen LogP contribution in [0.2, 0.25) is 0 Å². The van der Waals surface area contributed by atoms with Crippen molar-refractivity contribution in [3.05, 3.63) is 29.8 Å². The Hall–Kier alpha value is -1.84. The number of likely N-dealkylation sites (N-methyl/N-ethyl adjacent to an activating group) is 1. The van der Waals surface area contributed by atoms with Gasteiger partial charge in [-0.2, -0.15) is 0 Å². The molecule has 0 aliphatic heterocycles. The number of aldehydes is 1. The van der Waals surface area contributed by atoms with Crippen molar-refractivity contribution >= 4 is 17.9 Å². The van der Waals surface area contributed by atoms with Crippen molar-refractivity contribution in [2.75, 3.05) is 25.6 Å². The van der Waals surface area contributed by atoms with E-state index in [4.69, 9.17) is 0 Å². The smallest absolute Gasteiger partial charge is 0.325 e. The van der Waals surface area contributed by atoms with Crippen LogP contribution < -0.4 is 4.90 Å². The third-order valence-electron chi connectivity index (χ3n) is 2.06. The van der Waals surface area contributed by atoms with Crippen molar-refractivity contribution < 1.29 is 14.3 Å². The highest BCUT2D eigenvalue weighted by Crippen LogP contribution is 2.12. The average Bonchev–Trinajstić information content (AvgIpc) is 2.29. The lowest BCUT2D eigenvalue weighted by molar-refractivity contribution is -0.138. The highest BCUT2D eigenvalue weighted by molar-refractivity contribution is 5.77. The molecular weight excluding hydrogens is 194 g/mol. The zero-order chi connectivity index (χ0) is 11.3. The minimum absolute atomic E-state index is 0.191. The van der Waals surface area contributed by atoms with Crippen LogP contribution in [0, 0.1) is 0 Å². The van der Waals surface area contributed by atoms with Crippen LogP contribution >= 0.6 is 0 Å². The number of esters is 1. The quantitative estimate of drug-likeness (QED) is 0.548. The summed E-state index contributed by atoms with van der Waals surface area (Å²) in [5.41, 5.74) is 1.48. The lowest BCUT2D eigenvalue weighted by Crippen LogP contribution is -2.26. The molecular formula is C11H13NO3. The number of nitrogens with zero attached hydrogens (tertiary/aromatic N) is 1. The Labute approximate surface area is 88.5 Å². The Morgan fingerprint density at radius 2 is 2.00 bits per heavy atom. The summed E-state index contributed by atoms with van der Waals surface area (Å²) in [6.45, 7) is 0.191.